The Morgan fingerprint density at radius 3 is 2.15 bits per heavy atom. The molecule has 0 aliphatic heterocycles. The topological polar surface area (TPSA) is 46.3 Å². The maximum Gasteiger partial charge on any atom is 0.244 e. The standard InChI is InChI=1S/C17H20N2O/c1-2-19(13-14-9-5-3-6-10-14)17(20)16(18)15-11-7-4-8-12-15/h3-12,16H,2,13,18H2,1H3/t16-/m1/s1. The van der Waals surface area contributed by atoms with Crippen LogP contribution in [-0.4, -0.2) is 17.4 Å². The Morgan fingerprint density at radius 2 is 1.60 bits per heavy atom. The first kappa shape index (κ1) is 14.3. The second-order valence-electron chi connectivity index (χ2n) is 4.73. The van der Waals surface area contributed by atoms with Gasteiger partial charge in [-0.15, -0.1) is 0 Å². The molecular weight excluding hydrogens is 248 g/mol. The molecule has 1 atom stereocenters. The predicted octanol–water partition coefficient (Wildman–Crippen LogP) is 2.74. The molecule has 3 heteroatoms. The molecule has 20 heavy (non-hydrogen) atoms. The van der Waals surface area contributed by atoms with Gasteiger partial charge in [-0.3, -0.25) is 4.79 Å². The van der Waals surface area contributed by atoms with Crippen molar-refractivity contribution < 1.29 is 4.79 Å². The van der Waals surface area contributed by atoms with Gasteiger partial charge in [-0.2, -0.15) is 0 Å². The molecule has 0 heterocycles. The number of carbonyl (C=O) groups is 1. The first-order chi connectivity index (χ1) is 9.72. The molecule has 3 nitrogen and oxygen atoms in total. The lowest BCUT2D eigenvalue weighted by atomic mass is 10.1. The predicted molar refractivity (Wildman–Crippen MR) is 80.9 cm³/mol. The van der Waals surface area contributed by atoms with E-state index in [1.165, 1.54) is 0 Å². The summed E-state index contributed by atoms with van der Waals surface area (Å²) in [5.41, 5.74) is 8.04. The summed E-state index contributed by atoms with van der Waals surface area (Å²) in [6.45, 7) is 3.21. The van der Waals surface area contributed by atoms with Crippen molar-refractivity contribution in [3.05, 3.63) is 71.8 Å². The number of nitrogens with two attached hydrogens (primary N) is 1. The van der Waals surface area contributed by atoms with E-state index in [1.807, 2.05) is 67.6 Å². The van der Waals surface area contributed by atoms with Crippen LogP contribution in [0.2, 0.25) is 0 Å². The van der Waals surface area contributed by atoms with Gasteiger partial charge in [-0.1, -0.05) is 60.7 Å². The van der Waals surface area contributed by atoms with Gasteiger partial charge in [0.15, 0.2) is 0 Å². The van der Waals surface area contributed by atoms with E-state index in [0.717, 1.165) is 11.1 Å². The second kappa shape index (κ2) is 6.87. The molecule has 0 saturated heterocycles. The van der Waals surface area contributed by atoms with Crippen LogP contribution < -0.4 is 5.73 Å². The zero-order valence-electron chi connectivity index (χ0n) is 11.7. The van der Waals surface area contributed by atoms with Gasteiger partial charge in [0.25, 0.3) is 0 Å². The number of hydrogen-bond donors (Lipinski definition) is 1. The number of hydrogen-bond acceptors (Lipinski definition) is 2. The molecule has 0 saturated carbocycles. The van der Waals surface area contributed by atoms with E-state index in [2.05, 4.69) is 0 Å². The van der Waals surface area contributed by atoms with Gasteiger partial charge in [0, 0.05) is 13.1 Å². The van der Waals surface area contributed by atoms with Crippen molar-refractivity contribution in [2.24, 2.45) is 5.73 Å². The Hall–Kier alpha value is -2.13. The normalized spacial score (nSPS) is 11.9. The van der Waals surface area contributed by atoms with Gasteiger partial charge in [-0.05, 0) is 18.1 Å². The first-order valence-corrected chi connectivity index (χ1v) is 6.85. The quantitative estimate of drug-likeness (QED) is 0.906. The van der Waals surface area contributed by atoms with Crippen molar-refractivity contribution in [1.82, 2.24) is 4.90 Å². The third-order valence-electron chi connectivity index (χ3n) is 3.33. The highest BCUT2D eigenvalue weighted by Gasteiger charge is 2.21. The summed E-state index contributed by atoms with van der Waals surface area (Å²) in [6, 6.07) is 18.9. The maximum absolute atomic E-state index is 12.5. The van der Waals surface area contributed by atoms with Crippen LogP contribution >= 0.6 is 0 Å². The molecule has 2 N–H and O–H groups in total. The molecular formula is C17H20N2O. The second-order valence-corrected chi connectivity index (χ2v) is 4.73. The molecule has 0 spiro atoms. The lowest BCUT2D eigenvalue weighted by molar-refractivity contribution is -0.133. The lowest BCUT2D eigenvalue weighted by Crippen LogP contribution is -2.38. The van der Waals surface area contributed by atoms with Crippen LogP contribution in [-0.2, 0) is 11.3 Å². The van der Waals surface area contributed by atoms with E-state index in [1.54, 1.807) is 4.90 Å². The van der Waals surface area contributed by atoms with Crippen LogP contribution in [0.15, 0.2) is 60.7 Å². The Morgan fingerprint density at radius 1 is 1.05 bits per heavy atom. The van der Waals surface area contributed by atoms with Crippen LogP contribution in [0.4, 0.5) is 0 Å². The van der Waals surface area contributed by atoms with E-state index < -0.39 is 6.04 Å². The number of nitrogens with zero attached hydrogens (tertiary/aromatic N) is 1. The molecule has 0 unspecified atom stereocenters. The fraction of sp³-hybridized carbons (Fsp3) is 0.235. The monoisotopic (exact) mass is 268 g/mol. The minimum atomic E-state index is -0.597. The number of likely N-dealkylation sites (N-methyl/N-ethyl adjacent to an activating group) is 1. The minimum absolute atomic E-state index is 0.0393. The van der Waals surface area contributed by atoms with Crippen LogP contribution in [0.5, 0.6) is 0 Å². The largest absolute Gasteiger partial charge is 0.337 e. The Labute approximate surface area is 120 Å². The zero-order valence-corrected chi connectivity index (χ0v) is 11.7. The molecule has 2 aromatic carbocycles. The third-order valence-corrected chi connectivity index (χ3v) is 3.33. The molecule has 2 aromatic rings. The average Bonchev–Trinajstić information content (AvgIpc) is 2.53. The van der Waals surface area contributed by atoms with E-state index in [9.17, 15) is 4.79 Å². The number of benzene rings is 2. The van der Waals surface area contributed by atoms with Gasteiger partial charge in [-0.25, -0.2) is 0 Å². The fourth-order valence-corrected chi connectivity index (χ4v) is 2.15. The van der Waals surface area contributed by atoms with Gasteiger partial charge in [0.2, 0.25) is 5.91 Å². The molecule has 2 rings (SSSR count). The number of carbonyl (C=O) groups excluding carboxylic acids is 1. The van der Waals surface area contributed by atoms with Crippen LogP contribution in [0, 0.1) is 0 Å². The fourth-order valence-electron chi connectivity index (χ4n) is 2.15. The highest BCUT2D eigenvalue weighted by Crippen LogP contribution is 2.14. The maximum atomic E-state index is 12.5. The summed E-state index contributed by atoms with van der Waals surface area (Å²) in [4.78, 5) is 14.3. The molecule has 104 valence electrons. The van der Waals surface area contributed by atoms with Crippen LogP contribution in [0.3, 0.4) is 0 Å². The average molecular weight is 268 g/mol. The Kier molecular flexibility index (Phi) is 4.91. The minimum Gasteiger partial charge on any atom is -0.337 e. The first-order valence-electron chi connectivity index (χ1n) is 6.85. The smallest absolute Gasteiger partial charge is 0.244 e. The highest BCUT2D eigenvalue weighted by molar-refractivity contribution is 5.83. The third kappa shape index (κ3) is 3.45. The summed E-state index contributed by atoms with van der Waals surface area (Å²) in [5, 5.41) is 0. The summed E-state index contributed by atoms with van der Waals surface area (Å²) < 4.78 is 0. The van der Waals surface area contributed by atoms with E-state index in [4.69, 9.17) is 5.73 Å². The van der Waals surface area contributed by atoms with Crippen molar-refractivity contribution in [2.45, 2.75) is 19.5 Å². The van der Waals surface area contributed by atoms with Gasteiger partial charge in [0.1, 0.15) is 6.04 Å². The van der Waals surface area contributed by atoms with Gasteiger partial charge in [0.05, 0.1) is 0 Å². The van der Waals surface area contributed by atoms with E-state index >= 15 is 0 Å². The molecule has 0 fully saturated rings. The summed E-state index contributed by atoms with van der Waals surface area (Å²) in [7, 11) is 0. The van der Waals surface area contributed by atoms with Crippen LogP contribution in [0.1, 0.15) is 24.1 Å². The Balaban J connectivity index is 2.09. The van der Waals surface area contributed by atoms with Gasteiger partial charge < -0.3 is 10.6 Å². The molecule has 1 amide bonds. The molecule has 0 aliphatic carbocycles. The zero-order chi connectivity index (χ0) is 14.4. The van der Waals surface area contributed by atoms with Crippen molar-refractivity contribution in [3.8, 4) is 0 Å². The summed E-state index contributed by atoms with van der Waals surface area (Å²) in [5.74, 6) is -0.0393. The van der Waals surface area contributed by atoms with E-state index in [0.29, 0.717) is 13.1 Å². The summed E-state index contributed by atoms with van der Waals surface area (Å²) in [6.07, 6.45) is 0. The SMILES string of the molecule is CCN(Cc1ccccc1)C(=O)[C@H](N)c1ccccc1. The van der Waals surface area contributed by atoms with Crippen molar-refractivity contribution in [1.29, 1.82) is 0 Å². The molecule has 0 radical (unpaired) electrons. The summed E-state index contributed by atoms with van der Waals surface area (Å²) >= 11 is 0. The molecule has 0 bridgehead atoms. The molecule has 0 aliphatic rings. The van der Waals surface area contributed by atoms with E-state index in [-0.39, 0.29) is 5.91 Å². The highest BCUT2D eigenvalue weighted by atomic mass is 16.2. The van der Waals surface area contributed by atoms with Crippen molar-refractivity contribution >= 4 is 5.91 Å². The lowest BCUT2D eigenvalue weighted by Gasteiger charge is -2.24. The van der Waals surface area contributed by atoms with Crippen molar-refractivity contribution in [2.75, 3.05) is 6.54 Å². The van der Waals surface area contributed by atoms with Crippen LogP contribution in [0.25, 0.3) is 0 Å². The molecule has 0 aromatic heterocycles. The van der Waals surface area contributed by atoms with Crippen molar-refractivity contribution in [3.63, 3.8) is 0 Å². The Bertz CT molecular complexity index is 539. The van der Waals surface area contributed by atoms with Gasteiger partial charge >= 0.3 is 0 Å². The number of rotatable bonds is 5. The number of amides is 1.